The lowest BCUT2D eigenvalue weighted by Gasteiger charge is -2.19. The number of hydrogen-bond acceptors (Lipinski definition) is 7. The summed E-state index contributed by atoms with van der Waals surface area (Å²) < 4.78 is 28.0. The van der Waals surface area contributed by atoms with Crippen LogP contribution in [0.25, 0.3) is 0 Å². The minimum atomic E-state index is -0.183. The summed E-state index contributed by atoms with van der Waals surface area (Å²) in [5, 5.41) is 20.0. The van der Waals surface area contributed by atoms with E-state index in [1.807, 2.05) is 12.1 Å². The summed E-state index contributed by atoms with van der Waals surface area (Å²) in [6.45, 7) is 1.10. The van der Waals surface area contributed by atoms with Crippen LogP contribution in [0.2, 0.25) is 0 Å². The molecule has 2 saturated heterocycles. The van der Waals surface area contributed by atoms with Gasteiger partial charge >= 0.3 is 0 Å². The van der Waals surface area contributed by atoms with Crippen molar-refractivity contribution in [1.29, 1.82) is 0 Å². The molecule has 4 atom stereocenters. The van der Waals surface area contributed by atoms with Crippen LogP contribution >= 0.6 is 0 Å². The smallest absolute Gasteiger partial charge is 0.200 e. The first-order valence-corrected chi connectivity index (χ1v) is 9.12. The number of rotatable bonds is 5. The zero-order valence-electron chi connectivity index (χ0n) is 16.0. The van der Waals surface area contributed by atoms with Crippen LogP contribution < -0.4 is 14.2 Å². The molecule has 2 aromatic carbocycles. The predicted octanol–water partition coefficient (Wildman–Crippen LogP) is 3.20. The van der Waals surface area contributed by atoms with Gasteiger partial charge in [0.25, 0.3) is 0 Å². The minimum absolute atomic E-state index is 0.0277. The van der Waals surface area contributed by atoms with Crippen LogP contribution in [-0.2, 0) is 9.47 Å². The topological polar surface area (TPSA) is 86.6 Å². The normalized spacial score (nSPS) is 26.1. The van der Waals surface area contributed by atoms with E-state index in [0.717, 1.165) is 11.1 Å². The highest BCUT2D eigenvalue weighted by atomic mass is 16.5. The second-order valence-corrected chi connectivity index (χ2v) is 7.04. The van der Waals surface area contributed by atoms with Crippen LogP contribution in [0.4, 0.5) is 0 Å². The van der Waals surface area contributed by atoms with Gasteiger partial charge < -0.3 is 33.9 Å². The maximum absolute atomic E-state index is 10.2. The van der Waals surface area contributed by atoms with Crippen molar-refractivity contribution in [3.63, 3.8) is 0 Å². The van der Waals surface area contributed by atoms with Crippen molar-refractivity contribution in [3.05, 3.63) is 41.5 Å². The monoisotopic (exact) mass is 388 g/mol. The van der Waals surface area contributed by atoms with E-state index in [1.54, 1.807) is 18.2 Å². The largest absolute Gasteiger partial charge is 0.504 e. The molecule has 7 heteroatoms. The Labute approximate surface area is 163 Å². The summed E-state index contributed by atoms with van der Waals surface area (Å²) in [6, 6.07) is 8.84. The van der Waals surface area contributed by atoms with Gasteiger partial charge in [0.05, 0.1) is 46.8 Å². The lowest BCUT2D eigenvalue weighted by Crippen LogP contribution is -2.14. The highest BCUT2D eigenvalue weighted by Gasteiger charge is 2.48. The standard InChI is InChI=1S/C21H24O7/c1-24-16-6-11(4-5-15(16)22)20-13-9-28-21(14(13)10-27-20)12-7-17(25-2)19(23)18(8-12)26-3/h4-8,13-14,20-23H,9-10H2,1-3H3/t13-,14+,20-,21+/m0/s1. The van der Waals surface area contributed by atoms with Crippen LogP contribution in [0.5, 0.6) is 28.7 Å². The SMILES string of the molecule is COc1cc([C@@H]2OC[C@@H]3[C@@H]2CO[C@@H]3c2cc(OC)c(O)c(OC)c2)ccc1O. The molecule has 28 heavy (non-hydrogen) atoms. The van der Waals surface area contributed by atoms with Gasteiger partial charge in [-0.3, -0.25) is 0 Å². The molecule has 0 spiro atoms. The Kier molecular flexibility index (Phi) is 4.95. The molecular weight excluding hydrogens is 364 g/mol. The molecule has 0 amide bonds. The van der Waals surface area contributed by atoms with Crippen LogP contribution in [0.1, 0.15) is 23.3 Å². The molecular formula is C21H24O7. The highest BCUT2D eigenvalue weighted by Crippen LogP contribution is 2.52. The molecule has 7 nitrogen and oxygen atoms in total. The van der Waals surface area contributed by atoms with Crippen molar-refractivity contribution in [1.82, 2.24) is 0 Å². The molecule has 0 aromatic heterocycles. The van der Waals surface area contributed by atoms with Crippen LogP contribution in [0.3, 0.4) is 0 Å². The average Bonchev–Trinajstić information content (AvgIpc) is 3.31. The Morgan fingerprint density at radius 3 is 1.79 bits per heavy atom. The molecule has 0 unspecified atom stereocenters. The fraction of sp³-hybridized carbons (Fsp3) is 0.429. The first-order valence-electron chi connectivity index (χ1n) is 9.12. The van der Waals surface area contributed by atoms with Gasteiger partial charge in [-0.25, -0.2) is 0 Å². The van der Waals surface area contributed by atoms with E-state index in [2.05, 4.69) is 0 Å². The molecule has 0 saturated carbocycles. The lowest BCUT2D eigenvalue weighted by atomic mass is 9.85. The number of phenolic OH excluding ortho intramolecular Hbond substituents is 2. The summed E-state index contributed by atoms with van der Waals surface area (Å²) in [4.78, 5) is 0. The van der Waals surface area contributed by atoms with E-state index in [4.69, 9.17) is 23.7 Å². The van der Waals surface area contributed by atoms with Gasteiger partial charge in [-0.15, -0.1) is 0 Å². The van der Waals surface area contributed by atoms with Gasteiger partial charge in [-0.05, 0) is 35.4 Å². The van der Waals surface area contributed by atoms with Crippen molar-refractivity contribution < 1.29 is 33.9 Å². The third-order valence-electron chi connectivity index (χ3n) is 5.63. The van der Waals surface area contributed by atoms with Crippen LogP contribution in [0.15, 0.2) is 30.3 Å². The zero-order chi connectivity index (χ0) is 19.8. The van der Waals surface area contributed by atoms with Crippen molar-refractivity contribution in [2.75, 3.05) is 34.5 Å². The maximum Gasteiger partial charge on any atom is 0.200 e. The van der Waals surface area contributed by atoms with E-state index in [-0.39, 0.29) is 35.5 Å². The summed E-state index contributed by atoms with van der Waals surface area (Å²) in [5.74, 6) is 1.52. The molecule has 2 aromatic rings. The average molecular weight is 388 g/mol. The molecule has 0 aliphatic carbocycles. The number of aromatic hydroxyl groups is 2. The summed E-state index contributed by atoms with van der Waals surface area (Å²) >= 11 is 0. The van der Waals surface area contributed by atoms with Crippen molar-refractivity contribution in [3.8, 4) is 28.7 Å². The molecule has 2 heterocycles. The Balaban J connectivity index is 1.61. The van der Waals surface area contributed by atoms with Gasteiger partial charge in [0.1, 0.15) is 0 Å². The number of benzene rings is 2. The summed E-state index contributed by atoms with van der Waals surface area (Å²) in [5.41, 5.74) is 1.83. The maximum atomic E-state index is 10.2. The molecule has 2 aliphatic rings. The quantitative estimate of drug-likeness (QED) is 0.813. The van der Waals surface area contributed by atoms with Gasteiger partial charge in [-0.2, -0.15) is 0 Å². The third-order valence-corrected chi connectivity index (χ3v) is 5.63. The molecule has 2 aliphatic heterocycles. The Bertz CT molecular complexity index is 841. The van der Waals surface area contributed by atoms with Gasteiger partial charge in [0, 0.05) is 11.8 Å². The second kappa shape index (κ2) is 7.41. The van der Waals surface area contributed by atoms with E-state index in [1.165, 1.54) is 21.3 Å². The fourth-order valence-electron chi connectivity index (χ4n) is 4.18. The van der Waals surface area contributed by atoms with E-state index < -0.39 is 0 Å². The van der Waals surface area contributed by atoms with Gasteiger partial charge in [0.15, 0.2) is 23.0 Å². The van der Waals surface area contributed by atoms with Crippen molar-refractivity contribution in [2.45, 2.75) is 12.2 Å². The summed E-state index contributed by atoms with van der Waals surface area (Å²) in [7, 11) is 4.53. The highest BCUT2D eigenvalue weighted by molar-refractivity contribution is 5.53. The third kappa shape index (κ3) is 3.00. The first-order chi connectivity index (χ1) is 13.6. The lowest BCUT2D eigenvalue weighted by molar-refractivity contribution is 0.0191. The molecule has 2 fully saturated rings. The molecule has 150 valence electrons. The molecule has 2 N–H and O–H groups in total. The van der Waals surface area contributed by atoms with Crippen molar-refractivity contribution >= 4 is 0 Å². The Morgan fingerprint density at radius 2 is 1.25 bits per heavy atom. The fourth-order valence-corrected chi connectivity index (χ4v) is 4.18. The van der Waals surface area contributed by atoms with Crippen LogP contribution in [0, 0.1) is 11.8 Å². The zero-order valence-corrected chi connectivity index (χ0v) is 16.0. The second-order valence-electron chi connectivity index (χ2n) is 7.04. The summed E-state index contributed by atoms with van der Waals surface area (Å²) in [6.07, 6.45) is -0.317. The van der Waals surface area contributed by atoms with E-state index >= 15 is 0 Å². The van der Waals surface area contributed by atoms with E-state index in [0.29, 0.717) is 30.5 Å². The minimum Gasteiger partial charge on any atom is -0.504 e. The molecule has 4 rings (SSSR count). The number of ether oxygens (including phenoxy) is 5. The van der Waals surface area contributed by atoms with Gasteiger partial charge in [-0.1, -0.05) is 6.07 Å². The molecule has 0 bridgehead atoms. The number of fused-ring (bicyclic) bond motifs is 1. The number of hydrogen-bond donors (Lipinski definition) is 2. The first kappa shape index (κ1) is 18.7. The number of phenols is 2. The van der Waals surface area contributed by atoms with Gasteiger partial charge in [0.2, 0.25) is 5.75 Å². The Morgan fingerprint density at radius 1 is 0.750 bits per heavy atom. The molecule has 0 radical (unpaired) electrons. The van der Waals surface area contributed by atoms with E-state index in [9.17, 15) is 10.2 Å². The van der Waals surface area contributed by atoms with Crippen molar-refractivity contribution in [2.24, 2.45) is 11.8 Å². The van der Waals surface area contributed by atoms with Crippen LogP contribution in [-0.4, -0.2) is 44.8 Å². The number of methoxy groups -OCH3 is 3. The predicted molar refractivity (Wildman–Crippen MR) is 100 cm³/mol. The Hall–Kier alpha value is -2.64.